The van der Waals surface area contributed by atoms with Crippen LogP contribution in [0, 0.1) is 5.41 Å². The number of ether oxygens (including phenoxy) is 2. The molecular weight excluding hydrogens is 388 g/mol. The lowest BCUT2D eigenvalue weighted by Crippen LogP contribution is -2.41. The topological polar surface area (TPSA) is 87.8 Å². The summed E-state index contributed by atoms with van der Waals surface area (Å²) in [7, 11) is 3.33. The first-order chi connectivity index (χ1) is 13.9. The summed E-state index contributed by atoms with van der Waals surface area (Å²) in [4.78, 5) is 2.38. The van der Waals surface area contributed by atoms with Crippen LogP contribution in [0.2, 0.25) is 0 Å². The predicted molar refractivity (Wildman–Crippen MR) is 118 cm³/mol. The fourth-order valence-electron chi connectivity index (χ4n) is 3.45. The lowest BCUT2D eigenvalue weighted by molar-refractivity contribution is 0.0731. The molecule has 2 aromatic rings. The Kier molecular flexibility index (Phi) is 8.95. The van der Waals surface area contributed by atoms with Gasteiger partial charge < -0.3 is 24.7 Å². The molecule has 1 saturated heterocycles. The van der Waals surface area contributed by atoms with Crippen LogP contribution in [0.4, 0.5) is 11.4 Å². The molecule has 2 aromatic carbocycles. The highest BCUT2D eigenvalue weighted by Gasteiger charge is 2.30. The molecule has 2 N–H and O–H groups in total. The number of nitrogens with two attached hydrogens (primary N) is 1. The highest BCUT2D eigenvalue weighted by Crippen LogP contribution is 2.34. The standard InChI is InChI=1S/C14H22N2O.C8H10O3S/c1-14(11-17-2)7-9-16(10-8-14)13-6-4-3-5-12(13)15;1-11-8-4-2-3-7(5-8)6-12(9)10/h3-6H,7-11,15H2,1-2H3;2-5H,6H2,1H3,(H,9,10)/p-1. The van der Waals surface area contributed by atoms with Gasteiger partial charge in [0.05, 0.1) is 25.1 Å². The predicted octanol–water partition coefficient (Wildman–Crippen LogP) is 3.60. The molecule has 160 valence electrons. The molecule has 7 heteroatoms. The fourth-order valence-corrected chi connectivity index (χ4v) is 3.91. The zero-order chi connectivity index (χ0) is 21.3. The normalized spacial score (nSPS) is 16.5. The van der Waals surface area contributed by atoms with Crippen molar-refractivity contribution in [2.45, 2.75) is 25.5 Å². The zero-order valence-electron chi connectivity index (χ0n) is 17.4. The number of hydrogen-bond donors (Lipinski definition) is 1. The Morgan fingerprint density at radius 2 is 1.83 bits per heavy atom. The van der Waals surface area contributed by atoms with Crippen molar-refractivity contribution in [3.8, 4) is 5.75 Å². The Balaban J connectivity index is 0.000000221. The van der Waals surface area contributed by atoms with Gasteiger partial charge in [0.2, 0.25) is 0 Å². The van der Waals surface area contributed by atoms with Gasteiger partial charge in [0.25, 0.3) is 0 Å². The molecule has 0 saturated carbocycles. The maximum atomic E-state index is 10.3. The third kappa shape index (κ3) is 7.34. The lowest BCUT2D eigenvalue weighted by atomic mass is 9.81. The summed E-state index contributed by atoms with van der Waals surface area (Å²) in [6.07, 6.45) is 2.32. The minimum Gasteiger partial charge on any atom is -0.772 e. The molecule has 29 heavy (non-hydrogen) atoms. The van der Waals surface area contributed by atoms with Crippen LogP contribution in [0.3, 0.4) is 0 Å². The third-order valence-corrected chi connectivity index (χ3v) is 5.73. The van der Waals surface area contributed by atoms with Gasteiger partial charge in [0.1, 0.15) is 5.75 Å². The molecule has 0 aliphatic carbocycles. The van der Waals surface area contributed by atoms with Crippen LogP contribution in [0.25, 0.3) is 0 Å². The van der Waals surface area contributed by atoms with E-state index in [-0.39, 0.29) is 5.75 Å². The van der Waals surface area contributed by atoms with Crippen molar-refractivity contribution in [2.24, 2.45) is 5.41 Å². The summed E-state index contributed by atoms with van der Waals surface area (Å²) < 4.78 is 30.9. The highest BCUT2D eigenvalue weighted by atomic mass is 32.2. The van der Waals surface area contributed by atoms with Crippen molar-refractivity contribution in [3.63, 3.8) is 0 Å². The molecule has 0 amide bonds. The molecule has 6 nitrogen and oxygen atoms in total. The van der Waals surface area contributed by atoms with Gasteiger partial charge in [0, 0.05) is 26.0 Å². The van der Waals surface area contributed by atoms with Gasteiger partial charge >= 0.3 is 0 Å². The molecule has 0 spiro atoms. The van der Waals surface area contributed by atoms with E-state index >= 15 is 0 Å². The van der Waals surface area contributed by atoms with Gasteiger partial charge in [-0.15, -0.1) is 0 Å². The number of nitrogens with zero attached hydrogens (tertiary/aromatic N) is 1. The van der Waals surface area contributed by atoms with Crippen LogP contribution in [0.5, 0.6) is 5.75 Å². The van der Waals surface area contributed by atoms with Crippen LogP contribution in [-0.4, -0.2) is 42.7 Å². The Bertz CT molecular complexity index is 792. The first kappa shape index (κ1) is 23.2. The highest BCUT2D eigenvalue weighted by molar-refractivity contribution is 7.78. The summed E-state index contributed by atoms with van der Waals surface area (Å²) in [6.45, 7) is 5.29. The van der Waals surface area contributed by atoms with E-state index < -0.39 is 11.1 Å². The van der Waals surface area contributed by atoms with Crippen LogP contribution >= 0.6 is 0 Å². The molecule has 1 aliphatic rings. The maximum absolute atomic E-state index is 10.3. The second-order valence-electron chi connectivity index (χ2n) is 7.59. The maximum Gasteiger partial charge on any atom is 0.119 e. The molecule has 1 heterocycles. The summed E-state index contributed by atoms with van der Waals surface area (Å²) in [5.74, 6) is 0.718. The van der Waals surface area contributed by atoms with Gasteiger partial charge in [-0.1, -0.05) is 42.3 Å². The summed E-state index contributed by atoms with van der Waals surface area (Å²) >= 11 is -2.03. The molecule has 0 bridgehead atoms. The summed E-state index contributed by atoms with van der Waals surface area (Å²) in [6, 6.07) is 15.1. The number of hydrogen-bond acceptors (Lipinski definition) is 6. The van der Waals surface area contributed by atoms with Crippen LogP contribution < -0.4 is 15.4 Å². The van der Waals surface area contributed by atoms with E-state index in [1.807, 2.05) is 12.1 Å². The average molecular weight is 420 g/mol. The van der Waals surface area contributed by atoms with E-state index in [2.05, 4.69) is 24.0 Å². The van der Waals surface area contributed by atoms with Crippen LogP contribution in [-0.2, 0) is 21.6 Å². The van der Waals surface area contributed by atoms with Crippen molar-refractivity contribution >= 4 is 22.5 Å². The van der Waals surface area contributed by atoms with Gasteiger partial charge in [-0.05, 0) is 48.1 Å². The minimum absolute atomic E-state index is 0.0389. The van der Waals surface area contributed by atoms with Crippen molar-refractivity contribution in [1.29, 1.82) is 0 Å². The second-order valence-corrected chi connectivity index (χ2v) is 8.49. The van der Waals surface area contributed by atoms with Crippen LogP contribution in [0.15, 0.2) is 48.5 Å². The van der Waals surface area contributed by atoms with E-state index in [0.29, 0.717) is 11.2 Å². The van der Waals surface area contributed by atoms with E-state index in [0.717, 1.165) is 43.8 Å². The summed E-state index contributed by atoms with van der Waals surface area (Å²) in [5, 5.41) is 0. The van der Waals surface area contributed by atoms with E-state index in [9.17, 15) is 8.76 Å². The van der Waals surface area contributed by atoms with E-state index in [4.69, 9.17) is 15.2 Å². The first-order valence-corrected chi connectivity index (χ1v) is 10.9. The fraction of sp³-hybridized carbons (Fsp3) is 0.455. The monoisotopic (exact) mass is 419 g/mol. The third-order valence-electron chi connectivity index (χ3n) is 5.16. The van der Waals surface area contributed by atoms with Crippen molar-refractivity contribution < 1.29 is 18.2 Å². The molecule has 0 aromatic heterocycles. The number of benzene rings is 2. The van der Waals surface area contributed by atoms with E-state index in [1.54, 1.807) is 38.5 Å². The summed E-state index contributed by atoms with van der Waals surface area (Å²) in [5.41, 5.74) is 9.13. The van der Waals surface area contributed by atoms with Gasteiger partial charge in [0.15, 0.2) is 0 Å². The molecule has 1 aliphatic heterocycles. The number of piperidine rings is 1. The molecule has 1 atom stereocenters. The van der Waals surface area contributed by atoms with Gasteiger partial charge in [-0.3, -0.25) is 4.21 Å². The lowest BCUT2D eigenvalue weighted by Gasteiger charge is -2.40. The molecule has 3 rings (SSSR count). The number of anilines is 2. The first-order valence-electron chi connectivity index (χ1n) is 9.64. The Morgan fingerprint density at radius 1 is 1.14 bits per heavy atom. The van der Waals surface area contributed by atoms with Gasteiger partial charge in [-0.2, -0.15) is 0 Å². The van der Waals surface area contributed by atoms with Crippen molar-refractivity contribution in [3.05, 3.63) is 54.1 Å². The number of methoxy groups -OCH3 is 2. The molecular formula is C22H31N2O4S-. The minimum atomic E-state index is -2.03. The van der Waals surface area contributed by atoms with Crippen molar-refractivity contribution in [2.75, 3.05) is 44.5 Å². The molecule has 1 fully saturated rings. The largest absolute Gasteiger partial charge is 0.772 e. The van der Waals surface area contributed by atoms with Crippen molar-refractivity contribution in [1.82, 2.24) is 0 Å². The van der Waals surface area contributed by atoms with Crippen LogP contribution in [0.1, 0.15) is 25.3 Å². The number of rotatable bonds is 6. The quantitative estimate of drug-likeness (QED) is 0.569. The average Bonchev–Trinajstić information content (AvgIpc) is 2.69. The van der Waals surface area contributed by atoms with E-state index in [1.165, 1.54) is 5.69 Å². The second kappa shape index (κ2) is 11.2. The Morgan fingerprint density at radius 3 is 2.41 bits per heavy atom. The Labute approximate surface area is 176 Å². The number of nitrogen functional groups attached to an aromatic ring is 1. The SMILES string of the molecule is COCC1(C)CCN(c2ccccc2N)CC1.COc1cccc(CS(=O)[O-])c1. The smallest absolute Gasteiger partial charge is 0.119 e. The number of para-hydroxylation sites is 2. The molecule has 1 unspecified atom stereocenters. The Hall–Kier alpha value is -2.09. The zero-order valence-corrected chi connectivity index (χ0v) is 18.2. The van der Waals surface area contributed by atoms with Gasteiger partial charge in [-0.25, -0.2) is 0 Å². The molecule has 0 radical (unpaired) electrons.